The van der Waals surface area contributed by atoms with Crippen molar-refractivity contribution in [2.45, 2.75) is 31.4 Å². The van der Waals surface area contributed by atoms with Crippen LogP contribution >= 0.6 is 0 Å². The van der Waals surface area contributed by atoms with Crippen LogP contribution in [-0.4, -0.2) is 58.4 Å². The lowest BCUT2D eigenvalue weighted by molar-refractivity contribution is -0.134. The molecule has 2 aliphatic rings. The number of amides is 2. The van der Waals surface area contributed by atoms with Gasteiger partial charge in [-0.2, -0.15) is 0 Å². The maximum absolute atomic E-state index is 13.5. The molecule has 3 aromatic rings. The molecule has 0 unspecified atom stereocenters. The lowest BCUT2D eigenvalue weighted by Crippen LogP contribution is -2.47. The van der Waals surface area contributed by atoms with Gasteiger partial charge in [0, 0.05) is 36.7 Å². The summed E-state index contributed by atoms with van der Waals surface area (Å²) in [7, 11) is 0. The molecule has 158 valence electrons. The van der Waals surface area contributed by atoms with E-state index in [2.05, 4.69) is 4.98 Å². The summed E-state index contributed by atoms with van der Waals surface area (Å²) in [6.45, 7) is 1.93. The van der Waals surface area contributed by atoms with Gasteiger partial charge in [0.25, 0.3) is 5.91 Å². The standard InChI is InChI=1S/C25H25N3O3/c29-24(19-10-11-22-18(15-19)7-6-12-26-22)28-17-21(31-20-8-2-1-3-9-20)16-23(28)25(30)27-13-4-5-14-27/h1-3,6-12,15,21,23H,4-5,13-14,16-17H2/t21-,23-/m0/s1. The minimum atomic E-state index is -0.496. The second-order valence-electron chi connectivity index (χ2n) is 8.21. The number of nitrogens with zero attached hydrogens (tertiary/aromatic N) is 3. The number of benzene rings is 2. The van der Waals surface area contributed by atoms with E-state index in [1.165, 1.54) is 0 Å². The first kappa shape index (κ1) is 19.5. The topological polar surface area (TPSA) is 62.7 Å². The smallest absolute Gasteiger partial charge is 0.254 e. The number of fused-ring (bicyclic) bond motifs is 1. The highest BCUT2D eigenvalue weighted by molar-refractivity contribution is 6.00. The summed E-state index contributed by atoms with van der Waals surface area (Å²) in [4.78, 5) is 34.7. The van der Waals surface area contributed by atoms with Crippen molar-refractivity contribution in [3.8, 4) is 5.75 Å². The molecule has 0 N–H and O–H groups in total. The van der Waals surface area contributed by atoms with Gasteiger partial charge in [0.1, 0.15) is 17.9 Å². The lowest BCUT2D eigenvalue weighted by atomic mass is 10.1. The third-order valence-corrected chi connectivity index (χ3v) is 6.12. The number of likely N-dealkylation sites (tertiary alicyclic amines) is 2. The fraction of sp³-hybridized carbons (Fsp3) is 0.320. The number of hydrogen-bond donors (Lipinski definition) is 0. The zero-order valence-electron chi connectivity index (χ0n) is 17.3. The molecule has 3 heterocycles. The van der Waals surface area contributed by atoms with Gasteiger partial charge in [-0.1, -0.05) is 24.3 Å². The Bertz CT molecular complexity index is 1100. The Balaban J connectivity index is 1.42. The molecule has 2 aliphatic heterocycles. The summed E-state index contributed by atoms with van der Waals surface area (Å²) >= 11 is 0. The number of carbonyl (C=O) groups excluding carboxylic acids is 2. The van der Waals surface area contributed by atoms with E-state index >= 15 is 0 Å². The maximum atomic E-state index is 13.5. The first-order valence-corrected chi connectivity index (χ1v) is 10.9. The van der Waals surface area contributed by atoms with Crippen LogP contribution in [0.2, 0.25) is 0 Å². The van der Waals surface area contributed by atoms with E-state index in [4.69, 9.17) is 4.74 Å². The van der Waals surface area contributed by atoms with Crippen molar-refractivity contribution >= 4 is 22.7 Å². The van der Waals surface area contributed by atoms with Gasteiger partial charge in [0.05, 0.1) is 12.1 Å². The quantitative estimate of drug-likeness (QED) is 0.654. The average Bonchev–Trinajstić information content (AvgIpc) is 3.49. The highest BCUT2D eigenvalue weighted by Crippen LogP contribution is 2.28. The first-order valence-electron chi connectivity index (χ1n) is 10.9. The normalized spacial score (nSPS) is 20.9. The molecule has 2 amide bonds. The summed E-state index contributed by atoms with van der Waals surface area (Å²) < 4.78 is 6.13. The van der Waals surface area contributed by atoms with Crippen LogP contribution in [0.25, 0.3) is 10.9 Å². The summed E-state index contributed by atoms with van der Waals surface area (Å²) in [5, 5.41) is 0.909. The van der Waals surface area contributed by atoms with E-state index in [1.807, 2.05) is 59.5 Å². The number of aromatic nitrogens is 1. The van der Waals surface area contributed by atoms with E-state index in [9.17, 15) is 9.59 Å². The first-order chi connectivity index (χ1) is 15.2. The number of pyridine rings is 1. The van der Waals surface area contributed by atoms with Crippen molar-refractivity contribution in [1.82, 2.24) is 14.8 Å². The fourth-order valence-corrected chi connectivity index (χ4v) is 4.56. The molecule has 2 saturated heterocycles. The van der Waals surface area contributed by atoms with E-state index in [0.29, 0.717) is 18.5 Å². The molecule has 31 heavy (non-hydrogen) atoms. The molecule has 2 aromatic carbocycles. The Morgan fingerprint density at radius 2 is 1.77 bits per heavy atom. The van der Waals surface area contributed by atoms with Crippen molar-refractivity contribution in [3.63, 3.8) is 0 Å². The van der Waals surface area contributed by atoms with Crippen LogP contribution in [0, 0.1) is 0 Å². The second-order valence-corrected chi connectivity index (χ2v) is 8.21. The Kier molecular flexibility index (Phi) is 5.28. The van der Waals surface area contributed by atoms with Gasteiger partial charge in [-0.15, -0.1) is 0 Å². The van der Waals surface area contributed by atoms with Gasteiger partial charge in [0.15, 0.2) is 0 Å². The van der Waals surface area contributed by atoms with Gasteiger partial charge in [-0.3, -0.25) is 14.6 Å². The predicted octanol–water partition coefficient (Wildman–Crippen LogP) is 3.52. The molecule has 5 rings (SSSR count). The van der Waals surface area contributed by atoms with Crippen LogP contribution in [0.4, 0.5) is 0 Å². The van der Waals surface area contributed by atoms with Crippen LogP contribution in [-0.2, 0) is 4.79 Å². The van der Waals surface area contributed by atoms with Crippen LogP contribution in [0.1, 0.15) is 29.6 Å². The van der Waals surface area contributed by atoms with Gasteiger partial charge < -0.3 is 14.5 Å². The molecule has 0 radical (unpaired) electrons. The molecule has 1 aromatic heterocycles. The van der Waals surface area contributed by atoms with E-state index < -0.39 is 6.04 Å². The van der Waals surface area contributed by atoms with Gasteiger partial charge >= 0.3 is 0 Å². The third-order valence-electron chi connectivity index (χ3n) is 6.12. The molecule has 0 aliphatic carbocycles. The van der Waals surface area contributed by atoms with Crippen molar-refractivity contribution in [2.75, 3.05) is 19.6 Å². The Labute approximate surface area is 181 Å². The van der Waals surface area contributed by atoms with Crippen LogP contribution < -0.4 is 4.74 Å². The molecule has 0 saturated carbocycles. The van der Waals surface area contributed by atoms with Gasteiger partial charge in [0.2, 0.25) is 5.91 Å². The predicted molar refractivity (Wildman–Crippen MR) is 118 cm³/mol. The van der Waals surface area contributed by atoms with E-state index in [1.54, 1.807) is 17.2 Å². The minimum absolute atomic E-state index is 0.0347. The third kappa shape index (κ3) is 3.98. The highest BCUT2D eigenvalue weighted by Gasteiger charge is 2.43. The zero-order valence-corrected chi connectivity index (χ0v) is 17.3. The minimum Gasteiger partial charge on any atom is -0.488 e. The Morgan fingerprint density at radius 1 is 0.968 bits per heavy atom. The van der Waals surface area contributed by atoms with Gasteiger partial charge in [-0.05, 0) is 49.2 Å². The number of rotatable bonds is 4. The lowest BCUT2D eigenvalue weighted by Gasteiger charge is -2.27. The highest BCUT2D eigenvalue weighted by atomic mass is 16.5. The summed E-state index contributed by atoms with van der Waals surface area (Å²) in [6, 6.07) is 18.4. The molecule has 0 spiro atoms. The molecule has 6 nitrogen and oxygen atoms in total. The van der Waals surface area contributed by atoms with Crippen molar-refractivity contribution < 1.29 is 14.3 Å². The fourth-order valence-electron chi connectivity index (χ4n) is 4.56. The van der Waals surface area contributed by atoms with Crippen LogP contribution in [0.15, 0.2) is 66.9 Å². The largest absolute Gasteiger partial charge is 0.488 e. The van der Waals surface area contributed by atoms with E-state index in [0.717, 1.165) is 42.6 Å². The molecule has 2 atom stereocenters. The van der Waals surface area contributed by atoms with Crippen LogP contribution in [0.3, 0.4) is 0 Å². The number of ether oxygens (including phenoxy) is 1. The molecular formula is C25H25N3O3. The number of carbonyl (C=O) groups is 2. The summed E-state index contributed by atoms with van der Waals surface area (Å²) in [5.41, 5.74) is 1.41. The van der Waals surface area contributed by atoms with E-state index in [-0.39, 0.29) is 17.9 Å². The molecule has 2 fully saturated rings. The molecular weight excluding hydrogens is 390 g/mol. The molecule has 0 bridgehead atoms. The van der Waals surface area contributed by atoms with Gasteiger partial charge in [-0.25, -0.2) is 0 Å². The Morgan fingerprint density at radius 3 is 2.58 bits per heavy atom. The SMILES string of the molecule is O=C([C@@H]1C[C@H](Oc2ccccc2)CN1C(=O)c1ccc2ncccc2c1)N1CCCC1. The summed E-state index contributed by atoms with van der Waals surface area (Å²) in [5.74, 6) is 0.654. The number of para-hydroxylation sites is 1. The van der Waals surface area contributed by atoms with Crippen molar-refractivity contribution in [1.29, 1.82) is 0 Å². The maximum Gasteiger partial charge on any atom is 0.254 e. The second kappa shape index (κ2) is 8.38. The number of hydrogen-bond acceptors (Lipinski definition) is 4. The van der Waals surface area contributed by atoms with Crippen molar-refractivity contribution in [3.05, 3.63) is 72.4 Å². The monoisotopic (exact) mass is 415 g/mol. The summed E-state index contributed by atoms with van der Waals surface area (Å²) in [6.07, 6.45) is 4.07. The zero-order chi connectivity index (χ0) is 21.2. The average molecular weight is 415 g/mol. The van der Waals surface area contributed by atoms with Crippen LogP contribution in [0.5, 0.6) is 5.75 Å². The molecule has 6 heteroatoms. The Hall–Kier alpha value is -3.41. The van der Waals surface area contributed by atoms with Crippen molar-refractivity contribution in [2.24, 2.45) is 0 Å².